The fourth-order valence-electron chi connectivity index (χ4n) is 1.04. The molecule has 64 valence electrons. The Bertz CT molecular complexity index is 243. The Hall–Kier alpha value is -1.31. The van der Waals surface area contributed by atoms with Gasteiger partial charge in [0.2, 0.25) is 5.91 Å². The Kier molecular flexibility index (Phi) is 3.33. The van der Waals surface area contributed by atoms with Crippen LogP contribution in [-0.4, -0.2) is 12.5 Å². The van der Waals surface area contributed by atoms with E-state index in [-0.39, 0.29) is 5.91 Å². The van der Waals surface area contributed by atoms with Crippen LogP contribution in [0.25, 0.3) is 0 Å². The van der Waals surface area contributed by atoms with Gasteiger partial charge in [0, 0.05) is 6.54 Å². The average Bonchev–Trinajstić information content (AvgIpc) is 2.06. The van der Waals surface area contributed by atoms with E-state index in [2.05, 4.69) is 5.32 Å². The molecular formula is C10H13NO. The lowest BCUT2D eigenvalue weighted by molar-refractivity contribution is -0.120. The molecule has 0 saturated carbocycles. The van der Waals surface area contributed by atoms with Gasteiger partial charge in [-0.05, 0) is 12.5 Å². The van der Waals surface area contributed by atoms with E-state index in [9.17, 15) is 4.79 Å². The van der Waals surface area contributed by atoms with Crippen molar-refractivity contribution in [3.05, 3.63) is 35.9 Å². The van der Waals surface area contributed by atoms with Crippen molar-refractivity contribution in [2.45, 2.75) is 13.3 Å². The quantitative estimate of drug-likeness (QED) is 0.716. The third-order valence-corrected chi connectivity index (χ3v) is 1.58. The highest BCUT2D eigenvalue weighted by Gasteiger charge is 1.99. The summed E-state index contributed by atoms with van der Waals surface area (Å²) in [5.74, 6) is 0.0868. The zero-order valence-corrected chi connectivity index (χ0v) is 7.21. The normalized spacial score (nSPS) is 9.42. The molecule has 0 aromatic heterocycles. The first-order valence-corrected chi connectivity index (χ1v) is 4.13. The Labute approximate surface area is 72.6 Å². The number of nitrogens with one attached hydrogen (secondary N) is 1. The summed E-state index contributed by atoms with van der Waals surface area (Å²) in [7, 11) is 0. The zero-order chi connectivity index (χ0) is 8.81. The summed E-state index contributed by atoms with van der Waals surface area (Å²) < 4.78 is 0. The number of amides is 1. The molecule has 1 amide bonds. The van der Waals surface area contributed by atoms with Gasteiger partial charge >= 0.3 is 0 Å². The smallest absolute Gasteiger partial charge is 0.224 e. The fraction of sp³-hybridized carbons (Fsp3) is 0.300. The average molecular weight is 163 g/mol. The van der Waals surface area contributed by atoms with Crippen molar-refractivity contribution in [3.8, 4) is 0 Å². The van der Waals surface area contributed by atoms with Crippen LogP contribution in [0.1, 0.15) is 12.5 Å². The molecule has 2 nitrogen and oxygen atoms in total. The molecule has 0 heterocycles. The van der Waals surface area contributed by atoms with E-state index >= 15 is 0 Å². The maximum absolute atomic E-state index is 11.1. The summed E-state index contributed by atoms with van der Waals surface area (Å²) in [6.07, 6.45) is 0.481. The van der Waals surface area contributed by atoms with E-state index in [4.69, 9.17) is 0 Å². The molecule has 0 spiro atoms. The summed E-state index contributed by atoms with van der Waals surface area (Å²) in [4.78, 5) is 11.1. The zero-order valence-electron chi connectivity index (χ0n) is 7.21. The van der Waals surface area contributed by atoms with Crippen molar-refractivity contribution in [2.24, 2.45) is 0 Å². The van der Waals surface area contributed by atoms with Crippen molar-refractivity contribution in [1.82, 2.24) is 5.32 Å². The second-order valence-corrected chi connectivity index (χ2v) is 2.62. The summed E-state index contributed by atoms with van der Waals surface area (Å²) in [5.41, 5.74) is 1.06. The SMILES string of the molecule is CCNC(=O)Cc1ccccc1. The maximum atomic E-state index is 11.1. The predicted molar refractivity (Wildman–Crippen MR) is 48.8 cm³/mol. The number of likely N-dealkylation sites (N-methyl/N-ethyl adjacent to an activating group) is 1. The van der Waals surface area contributed by atoms with Crippen molar-refractivity contribution in [2.75, 3.05) is 6.54 Å². The van der Waals surface area contributed by atoms with E-state index < -0.39 is 0 Å². The van der Waals surface area contributed by atoms with Crippen molar-refractivity contribution >= 4 is 5.91 Å². The van der Waals surface area contributed by atoms with Gasteiger partial charge in [0.05, 0.1) is 6.42 Å². The molecule has 0 fully saturated rings. The number of rotatable bonds is 3. The van der Waals surface area contributed by atoms with Crippen molar-refractivity contribution in [1.29, 1.82) is 0 Å². The van der Waals surface area contributed by atoms with E-state index in [1.807, 2.05) is 37.3 Å². The lowest BCUT2D eigenvalue weighted by atomic mass is 10.1. The number of carbonyl (C=O) groups excluding carboxylic acids is 1. The lowest BCUT2D eigenvalue weighted by Gasteiger charge is -2.00. The summed E-state index contributed by atoms with van der Waals surface area (Å²) in [6.45, 7) is 2.62. The second kappa shape index (κ2) is 4.54. The molecule has 2 heteroatoms. The van der Waals surface area contributed by atoms with Gasteiger partial charge in [0.25, 0.3) is 0 Å². The summed E-state index contributed by atoms with van der Waals surface area (Å²) in [6, 6.07) is 9.73. The first-order chi connectivity index (χ1) is 5.83. The molecule has 12 heavy (non-hydrogen) atoms. The van der Waals surface area contributed by atoms with Gasteiger partial charge in [-0.2, -0.15) is 0 Å². The van der Waals surface area contributed by atoms with Crippen LogP contribution >= 0.6 is 0 Å². The highest BCUT2D eigenvalue weighted by molar-refractivity contribution is 5.78. The molecule has 0 atom stereocenters. The van der Waals surface area contributed by atoms with Gasteiger partial charge < -0.3 is 5.32 Å². The largest absolute Gasteiger partial charge is 0.356 e. The van der Waals surface area contributed by atoms with Crippen molar-refractivity contribution < 1.29 is 4.79 Å². The molecule has 1 aromatic carbocycles. The summed E-state index contributed by atoms with van der Waals surface area (Å²) >= 11 is 0. The van der Waals surface area contributed by atoms with Crippen LogP contribution in [0.3, 0.4) is 0 Å². The fourth-order valence-corrected chi connectivity index (χ4v) is 1.04. The minimum atomic E-state index is 0.0868. The molecule has 0 bridgehead atoms. The highest BCUT2D eigenvalue weighted by Crippen LogP contribution is 1.98. The molecule has 1 rings (SSSR count). The van der Waals surface area contributed by atoms with Crippen LogP contribution in [0.2, 0.25) is 0 Å². The van der Waals surface area contributed by atoms with E-state index in [1.54, 1.807) is 0 Å². The van der Waals surface area contributed by atoms with Gasteiger partial charge in [-0.25, -0.2) is 0 Å². The standard InChI is InChI=1S/C10H13NO/c1-2-11-10(12)8-9-6-4-3-5-7-9/h3-7H,2,8H2,1H3,(H,11,12). The molecule has 0 unspecified atom stereocenters. The third kappa shape index (κ3) is 2.74. The van der Waals surface area contributed by atoms with Gasteiger partial charge in [0.15, 0.2) is 0 Å². The Balaban J connectivity index is 2.47. The molecule has 1 N–H and O–H groups in total. The van der Waals surface area contributed by atoms with E-state index in [0.29, 0.717) is 13.0 Å². The number of hydrogen-bond acceptors (Lipinski definition) is 1. The van der Waals surface area contributed by atoms with Gasteiger partial charge in [0.1, 0.15) is 0 Å². The Morgan fingerprint density at radius 3 is 2.58 bits per heavy atom. The molecule has 0 aliphatic rings. The van der Waals surface area contributed by atoms with Crippen LogP contribution in [0, 0.1) is 0 Å². The molecule has 1 aromatic rings. The van der Waals surface area contributed by atoms with E-state index in [1.165, 1.54) is 0 Å². The first-order valence-electron chi connectivity index (χ1n) is 4.13. The lowest BCUT2D eigenvalue weighted by Crippen LogP contribution is -2.24. The highest BCUT2D eigenvalue weighted by atomic mass is 16.1. The topological polar surface area (TPSA) is 29.1 Å². The molecule has 0 radical (unpaired) electrons. The van der Waals surface area contributed by atoms with E-state index in [0.717, 1.165) is 5.56 Å². The van der Waals surface area contributed by atoms with Crippen LogP contribution < -0.4 is 5.32 Å². The van der Waals surface area contributed by atoms with Gasteiger partial charge in [-0.1, -0.05) is 30.3 Å². The first kappa shape index (κ1) is 8.78. The van der Waals surface area contributed by atoms with Crippen LogP contribution in [-0.2, 0) is 11.2 Å². The van der Waals surface area contributed by atoms with Gasteiger partial charge in [-0.15, -0.1) is 0 Å². The second-order valence-electron chi connectivity index (χ2n) is 2.62. The third-order valence-electron chi connectivity index (χ3n) is 1.58. The summed E-state index contributed by atoms with van der Waals surface area (Å²) in [5, 5.41) is 2.76. The predicted octanol–water partition coefficient (Wildman–Crippen LogP) is 1.37. The van der Waals surface area contributed by atoms with Crippen molar-refractivity contribution in [3.63, 3.8) is 0 Å². The van der Waals surface area contributed by atoms with Crippen LogP contribution in [0.4, 0.5) is 0 Å². The number of benzene rings is 1. The maximum Gasteiger partial charge on any atom is 0.224 e. The number of carbonyl (C=O) groups is 1. The minimum absolute atomic E-state index is 0.0868. The van der Waals surface area contributed by atoms with Gasteiger partial charge in [-0.3, -0.25) is 4.79 Å². The number of hydrogen-bond donors (Lipinski definition) is 1. The monoisotopic (exact) mass is 163 g/mol. The molecule has 0 saturated heterocycles. The Morgan fingerprint density at radius 2 is 2.00 bits per heavy atom. The minimum Gasteiger partial charge on any atom is -0.356 e. The molecule has 0 aliphatic heterocycles. The van der Waals surface area contributed by atoms with Crippen LogP contribution in [0.15, 0.2) is 30.3 Å². The Morgan fingerprint density at radius 1 is 1.33 bits per heavy atom. The molecular weight excluding hydrogens is 150 g/mol. The van der Waals surface area contributed by atoms with Crippen LogP contribution in [0.5, 0.6) is 0 Å². The molecule has 0 aliphatic carbocycles.